The first-order valence-corrected chi connectivity index (χ1v) is 6.05. The van der Waals surface area contributed by atoms with Crippen molar-refractivity contribution in [3.8, 4) is 0 Å². The van der Waals surface area contributed by atoms with Crippen molar-refractivity contribution in [1.82, 2.24) is 9.78 Å². The first kappa shape index (κ1) is 9.25. The maximum Gasteiger partial charge on any atom is 0.124 e. The smallest absolute Gasteiger partial charge is 0.124 e. The van der Waals surface area contributed by atoms with Gasteiger partial charge in [-0.25, -0.2) is 4.68 Å². The molecule has 1 atom stereocenters. The molecule has 1 aliphatic carbocycles. The summed E-state index contributed by atoms with van der Waals surface area (Å²) in [5, 5.41) is 8.16. The summed E-state index contributed by atoms with van der Waals surface area (Å²) in [6.45, 7) is 5.68. The van der Waals surface area contributed by atoms with Crippen molar-refractivity contribution in [2.75, 3.05) is 11.9 Å². The van der Waals surface area contributed by atoms with E-state index < -0.39 is 0 Å². The van der Waals surface area contributed by atoms with Crippen LogP contribution in [0, 0.1) is 5.41 Å². The molecule has 0 aromatic carbocycles. The van der Waals surface area contributed by atoms with E-state index in [0.717, 1.165) is 13.0 Å². The third-order valence-electron chi connectivity index (χ3n) is 4.01. The van der Waals surface area contributed by atoms with E-state index in [4.69, 9.17) is 5.10 Å². The molecule has 1 aromatic rings. The van der Waals surface area contributed by atoms with Gasteiger partial charge in [-0.3, -0.25) is 0 Å². The first-order chi connectivity index (χ1) is 7.23. The minimum Gasteiger partial charge on any atom is -0.370 e. The molecule has 0 bridgehead atoms. The lowest BCUT2D eigenvalue weighted by Gasteiger charge is -2.30. The molecule has 1 saturated carbocycles. The molecular formula is C12H19N3. The summed E-state index contributed by atoms with van der Waals surface area (Å²) in [6.07, 6.45) is 5.01. The molecular weight excluding hydrogens is 186 g/mol. The SMILES string of the molecule is CCc1cc2n(n1)C(C1(C)CC1)CCN2. The molecule has 1 unspecified atom stereocenters. The van der Waals surface area contributed by atoms with E-state index in [1.54, 1.807) is 0 Å². The highest BCUT2D eigenvalue weighted by Crippen LogP contribution is 2.56. The summed E-state index contributed by atoms with van der Waals surface area (Å²) in [5.41, 5.74) is 1.75. The quantitative estimate of drug-likeness (QED) is 0.804. The third kappa shape index (κ3) is 1.36. The Bertz CT molecular complexity index is 376. The lowest BCUT2D eigenvalue weighted by atomic mass is 9.95. The number of nitrogens with one attached hydrogen (secondary N) is 1. The lowest BCUT2D eigenvalue weighted by molar-refractivity contribution is 0.283. The molecule has 3 rings (SSSR count). The van der Waals surface area contributed by atoms with E-state index in [1.807, 2.05) is 0 Å². The molecule has 0 amide bonds. The summed E-state index contributed by atoms with van der Waals surface area (Å²) >= 11 is 0. The molecule has 1 fully saturated rings. The first-order valence-electron chi connectivity index (χ1n) is 6.05. The second-order valence-corrected chi connectivity index (χ2v) is 5.20. The van der Waals surface area contributed by atoms with Gasteiger partial charge in [0.15, 0.2) is 0 Å². The monoisotopic (exact) mass is 205 g/mol. The molecule has 1 N–H and O–H groups in total. The van der Waals surface area contributed by atoms with Crippen LogP contribution in [0.4, 0.5) is 5.82 Å². The Balaban J connectivity index is 1.98. The summed E-state index contributed by atoms with van der Waals surface area (Å²) < 4.78 is 2.25. The van der Waals surface area contributed by atoms with Gasteiger partial charge in [0, 0.05) is 12.6 Å². The van der Waals surface area contributed by atoms with Crippen molar-refractivity contribution in [2.24, 2.45) is 5.41 Å². The fourth-order valence-electron chi connectivity index (χ4n) is 2.62. The molecule has 0 saturated heterocycles. The van der Waals surface area contributed by atoms with Crippen LogP contribution in [0.1, 0.15) is 44.8 Å². The Kier molecular flexibility index (Phi) is 1.85. The van der Waals surface area contributed by atoms with Crippen molar-refractivity contribution in [1.29, 1.82) is 0 Å². The van der Waals surface area contributed by atoms with Crippen LogP contribution in [0.25, 0.3) is 0 Å². The molecule has 82 valence electrons. The summed E-state index contributed by atoms with van der Waals surface area (Å²) in [7, 11) is 0. The van der Waals surface area contributed by atoms with Crippen molar-refractivity contribution in [3.05, 3.63) is 11.8 Å². The largest absolute Gasteiger partial charge is 0.370 e. The van der Waals surface area contributed by atoms with E-state index in [2.05, 4.69) is 29.9 Å². The zero-order valence-corrected chi connectivity index (χ0v) is 9.58. The van der Waals surface area contributed by atoms with Crippen molar-refractivity contribution in [3.63, 3.8) is 0 Å². The summed E-state index contributed by atoms with van der Waals surface area (Å²) in [4.78, 5) is 0. The van der Waals surface area contributed by atoms with Crippen molar-refractivity contribution < 1.29 is 0 Å². The van der Waals surface area contributed by atoms with Crippen LogP contribution >= 0.6 is 0 Å². The summed E-state index contributed by atoms with van der Waals surface area (Å²) in [6, 6.07) is 2.84. The number of aromatic nitrogens is 2. The molecule has 1 aromatic heterocycles. The van der Waals surface area contributed by atoms with Gasteiger partial charge in [0.1, 0.15) is 5.82 Å². The number of nitrogens with zero attached hydrogens (tertiary/aromatic N) is 2. The highest BCUT2D eigenvalue weighted by molar-refractivity contribution is 5.40. The fraction of sp³-hybridized carbons (Fsp3) is 0.750. The van der Waals surface area contributed by atoms with Crippen LogP contribution in [0.5, 0.6) is 0 Å². The van der Waals surface area contributed by atoms with E-state index >= 15 is 0 Å². The van der Waals surface area contributed by atoms with Gasteiger partial charge in [-0.1, -0.05) is 13.8 Å². The number of aryl methyl sites for hydroxylation is 1. The molecule has 1 aliphatic heterocycles. The second kappa shape index (κ2) is 3.00. The van der Waals surface area contributed by atoms with Crippen LogP contribution in [0.15, 0.2) is 6.07 Å². The third-order valence-corrected chi connectivity index (χ3v) is 4.01. The van der Waals surface area contributed by atoms with E-state index in [1.165, 1.54) is 30.8 Å². The zero-order chi connectivity index (χ0) is 10.5. The average Bonchev–Trinajstić information content (AvgIpc) is 2.85. The lowest BCUT2D eigenvalue weighted by Crippen LogP contribution is -2.28. The van der Waals surface area contributed by atoms with Gasteiger partial charge >= 0.3 is 0 Å². The van der Waals surface area contributed by atoms with Gasteiger partial charge in [-0.15, -0.1) is 0 Å². The van der Waals surface area contributed by atoms with Crippen molar-refractivity contribution >= 4 is 5.82 Å². The maximum atomic E-state index is 4.71. The maximum absolute atomic E-state index is 4.71. The Labute approximate surface area is 90.9 Å². The van der Waals surface area contributed by atoms with Crippen LogP contribution < -0.4 is 5.32 Å². The van der Waals surface area contributed by atoms with Crippen molar-refractivity contribution in [2.45, 2.75) is 45.6 Å². The number of hydrogen-bond acceptors (Lipinski definition) is 2. The molecule has 2 heterocycles. The van der Waals surface area contributed by atoms with Crippen LogP contribution in [0.3, 0.4) is 0 Å². The van der Waals surface area contributed by atoms with E-state index in [0.29, 0.717) is 11.5 Å². The second-order valence-electron chi connectivity index (χ2n) is 5.20. The fourth-order valence-corrected chi connectivity index (χ4v) is 2.62. The Morgan fingerprint density at radius 1 is 1.60 bits per heavy atom. The number of fused-ring (bicyclic) bond motifs is 1. The zero-order valence-electron chi connectivity index (χ0n) is 9.58. The van der Waals surface area contributed by atoms with E-state index in [9.17, 15) is 0 Å². The molecule has 3 nitrogen and oxygen atoms in total. The van der Waals surface area contributed by atoms with Gasteiger partial charge in [-0.2, -0.15) is 5.10 Å². The predicted molar refractivity (Wildman–Crippen MR) is 61.1 cm³/mol. The Morgan fingerprint density at radius 2 is 2.40 bits per heavy atom. The molecule has 2 aliphatic rings. The van der Waals surface area contributed by atoms with Gasteiger partial charge in [-0.05, 0) is 31.1 Å². The van der Waals surface area contributed by atoms with Crippen LogP contribution in [0.2, 0.25) is 0 Å². The van der Waals surface area contributed by atoms with E-state index in [-0.39, 0.29) is 0 Å². The summed E-state index contributed by atoms with van der Waals surface area (Å²) in [5.74, 6) is 1.23. The predicted octanol–water partition coefficient (Wildman–Crippen LogP) is 2.60. The standard InChI is InChI=1S/C12H19N3/c1-3-9-8-11-13-7-4-10(15(11)14-9)12(2)5-6-12/h8,10,13H,3-7H2,1-2H3. The number of rotatable bonds is 2. The molecule has 0 spiro atoms. The number of hydrogen-bond donors (Lipinski definition) is 1. The minimum atomic E-state index is 0.536. The molecule has 0 radical (unpaired) electrons. The van der Waals surface area contributed by atoms with Gasteiger partial charge < -0.3 is 5.32 Å². The van der Waals surface area contributed by atoms with Gasteiger partial charge in [0.2, 0.25) is 0 Å². The normalized spacial score (nSPS) is 26.9. The topological polar surface area (TPSA) is 29.9 Å². The van der Waals surface area contributed by atoms with Gasteiger partial charge in [0.05, 0.1) is 11.7 Å². The average molecular weight is 205 g/mol. The van der Waals surface area contributed by atoms with Gasteiger partial charge in [0.25, 0.3) is 0 Å². The Morgan fingerprint density at radius 3 is 3.07 bits per heavy atom. The Hall–Kier alpha value is -0.990. The van der Waals surface area contributed by atoms with Crippen LogP contribution in [-0.2, 0) is 6.42 Å². The highest BCUT2D eigenvalue weighted by atomic mass is 15.4. The molecule has 15 heavy (non-hydrogen) atoms. The highest BCUT2D eigenvalue weighted by Gasteiger charge is 2.47. The number of anilines is 1. The molecule has 3 heteroatoms. The van der Waals surface area contributed by atoms with Crippen LogP contribution in [-0.4, -0.2) is 16.3 Å². The minimum absolute atomic E-state index is 0.536.